The van der Waals surface area contributed by atoms with Gasteiger partial charge in [0.05, 0.1) is 12.7 Å². The summed E-state index contributed by atoms with van der Waals surface area (Å²) >= 11 is 0. The summed E-state index contributed by atoms with van der Waals surface area (Å²) in [6.07, 6.45) is 2.02. The number of rotatable bonds is 5. The van der Waals surface area contributed by atoms with Crippen LogP contribution in [0.3, 0.4) is 0 Å². The number of piperazine rings is 1. The molecule has 0 spiro atoms. The van der Waals surface area contributed by atoms with Crippen LogP contribution in [0.25, 0.3) is 21.7 Å². The van der Waals surface area contributed by atoms with E-state index in [-0.39, 0.29) is 5.91 Å². The predicted octanol–water partition coefficient (Wildman–Crippen LogP) is 4.20. The van der Waals surface area contributed by atoms with Gasteiger partial charge in [-0.2, -0.15) is 0 Å². The summed E-state index contributed by atoms with van der Waals surface area (Å²) in [5.41, 5.74) is 4.12. The molecule has 1 fully saturated rings. The molecular weight excluding hydrogens is 386 g/mol. The van der Waals surface area contributed by atoms with Gasteiger partial charge < -0.3 is 19.5 Å². The Labute approximate surface area is 182 Å². The highest BCUT2D eigenvalue weighted by molar-refractivity contribution is 6.08. The maximum atomic E-state index is 12.8. The normalized spacial score (nSPS) is 14.9. The number of carbonyl (C=O) groups excluding carboxylic acids is 1. The number of nitrogens with zero attached hydrogens (tertiary/aromatic N) is 2. The Bertz CT molecular complexity index is 1220. The molecule has 3 aromatic carbocycles. The number of benzene rings is 3. The second-order valence-corrected chi connectivity index (χ2v) is 8.29. The fourth-order valence-corrected chi connectivity index (χ4v) is 4.45. The number of nitrogens with one attached hydrogen (secondary N) is 1. The van der Waals surface area contributed by atoms with Gasteiger partial charge in [0, 0.05) is 49.4 Å². The van der Waals surface area contributed by atoms with Gasteiger partial charge in [0.2, 0.25) is 5.91 Å². The predicted molar refractivity (Wildman–Crippen MR) is 125 cm³/mol. The fraction of sp³-hybridized carbons (Fsp3) is 0.269. The van der Waals surface area contributed by atoms with Gasteiger partial charge in [0.1, 0.15) is 5.58 Å². The lowest BCUT2D eigenvalue weighted by molar-refractivity contribution is -0.120. The second-order valence-electron chi connectivity index (χ2n) is 8.29. The van der Waals surface area contributed by atoms with Crippen LogP contribution in [0.4, 0.5) is 5.69 Å². The fourth-order valence-electron chi connectivity index (χ4n) is 4.45. The molecule has 2 heterocycles. The number of carbonyl (C=O) groups is 1. The summed E-state index contributed by atoms with van der Waals surface area (Å²) in [6, 6.07) is 20.6. The van der Waals surface area contributed by atoms with Crippen LogP contribution in [0.5, 0.6) is 0 Å². The van der Waals surface area contributed by atoms with Crippen molar-refractivity contribution in [3.63, 3.8) is 0 Å². The summed E-state index contributed by atoms with van der Waals surface area (Å²) in [6.45, 7) is 4.66. The van der Waals surface area contributed by atoms with Gasteiger partial charge in [-0.1, -0.05) is 48.5 Å². The largest absolute Gasteiger partial charge is 0.464 e. The van der Waals surface area contributed by atoms with Crippen LogP contribution in [0.1, 0.15) is 11.1 Å². The minimum absolute atomic E-state index is 0.00353. The van der Waals surface area contributed by atoms with E-state index in [1.165, 1.54) is 5.69 Å². The average molecular weight is 414 g/mol. The number of para-hydroxylation sites is 1. The average Bonchev–Trinajstić information content (AvgIpc) is 3.22. The highest BCUT2D eigenvalue weighted by atomic mass is 16.3. The van der Waals surface area contributed by atoms with Crippen molar-refractivity contribution in [3.8, 4) is 0 Å². The summed E-state index contributed by atoms with van der Waals surface area (Å²) < 4.78 is 5.74. The number of anilines is 1. The summed E-state index contributed by atoms with van der Waals surface area (Å²) in [4.78, 5) is 17.6. The van der Waals surface area contributed by atoms with Crippen molar-refractivity contribution in [2.75, 3.05) is 38.1 Å². The van der Waals surface area contributed by atoms with Crippen LogP contribution >= 0.6 is 0 Å². The van der Waals surface area contributed by atoms with Crippen LogP contribution in [-0.2, 0) is 17.8 Å². The first-order valence-electron chi connectivity index (χ1n) is 10.8. The molecule has 31 heavy (non-hydrogen) atoms. The molecule has 5 rings (SSSR count). The molecule has 0 radical (unpaired) electrons. The molecule has 0 bridgehead atoms. The zero-order valence-electron chi connectivity index (χ0n) is 17.8. The van der Waals surface area contributed by atoms with Crippen LogP contribution in [0.15, 0.2) is 71.3 Å². The van der Waals surface area contributed by atoms with E-state index in [0.717, 1.165) is 59.0 Å². The van der Waals surface area contributed by atoms with Crippen LogP contribution in [0.2, 0.25) is 0 Å². The van der Waals surface area contributed by atoms with E-state index in [1.807, 2.05) is 24.3 Å². The van der Waals surface area contributed by atoms with Gasteiger partial charge in [0.25, 0.3) is 0 Å². The van der Waals surface area contributed by atoms with E-state index in [4.69, 9.17) is 4.42 Å². The first-order valence-corrected chi connectivity index (χ1v) is 10.8. The van der Waals surface area contributed by atoms with Gasteiger partial charge in [-0.05, 0) is 35.5 Å². The Balaban J connectivity index is 1.31. The second kappa shape index (κ2) is 8.44. The lowest BCUT2D eigenvalue weighted by Crippen LogP contribution is -2.45. The Morgan fingerprint density at radius 1 is 0.935 bits per heavy atom. The van der Waals surface area contributed by atoms with Crippen molar-refractivity contribution < 1.29 is 9.21 Å². The molecule has 0 atom stereocenters. The monoisotopic (exact) mass is 413 g/mol. The molecule has 1 aliphatic rings. The van der Waals surface area contributed by atoms with E-state index in [2.05, 4.69) is 58.6 Å². The Morgan fingerprint density at radius 3 is 2.58 bits per heavy atom. The zero-order chi connectivity index (χ0) is 21.2. The Hall–Kier alpha value is -3.31. The van der Waals surface area contributed by atoms with Crippen LogP contribution in [-0.4, -0.2) is 44.0 Å². The Morgan fingerprint density at radius 2 is 1.71 bits per heavy atom. The molecule has 1 saturated heterocycles. The number of hydrogen-bond acceptors (Lipinski definition) is 4. The van der Waals surface area contributed by atoms with Crippen LogP contribution < -0.4 is 10.2 Å². The highest BCUT2D eigenvalue weighted by Gasteiger charge is 2.18. The van der Waals surface area contributed by atoms with Crippen molar-refractivity contribution in [3.05, 3.63) is 78.1 Å². The molecule has 0 saturated carbocycles. The van der Waals surface area contributed by atoms with Crippen molar-refractivity contribution in [2.24, 2.45) is 0 Å². The molecule has 0 unspecified atom stereocenters. The molecule has 4 aromatic rings. The minimum atomic E-state index is 0.00353. The topological polar surface area (TPSA) is 48.7 Å². The quantitative estimate of drug-likeness (QED) is 0.533. The number of likely N-dealkylation sites (N-methyl/N-ethyl adjacent to an activating group) is 1. The van der Waals surface area contributed by atoms with Crippen molar-refractivity contribution in [1.82, 2.24) is 10.2 Å². The van der Waals surface area contributed by atoms with Gasteiger partial charge in [-0.3, -0.25) is 4.79 Å². The summed E-state index contributed by atoms with van der Waals surface area (Å²) in [5.74, 6) is 0.00353. The molecule has 1 aromatic heterocycles. The van der Waals surface area contributed by atoms with Gasteiger partial charge >= 0.3 is 0 Å². The third-order valence-corrected chi connectivity index (χ3v) is 6.20. The van der Waals surface area contributed by atoms with Crippen LogP contribution in [0, 0.1) is 0 Å². The van der Waals surface area contributed by atoms with Crippen molar-refractivity contribution >= 4 is 33.3 Å². The molecule has 1 aliphatic heterocycles. The third-order valence-electron chi connectivity index (χ3n) is 6.20. The van der Waals surface area contributed by atoms with E-state index >= 15 is 0 Å². The Kier molecular flexibility index (Phi) is 5.35. The lowest BCUT2D eigenvalue weighted by atomic mass is 10.0. The summed E-state index contributed by atoms with van der Waals surface area (Å²) in [7, 11) is 2.16. The zero-order valence-corrected chi connectivity index (χ0v) is 17.8. The van der Waals surface area contributed by atoms with E-state index in [1.54, 1.807) is 6.26 Å². The third kappa shape index (κ3) is 4.01. The maximum absolute atomic E-state index is 12.8. The standard InChI is InChI=1S/C26H27N3O2/c1-28-12-14-29(15-13-28)23-9-5-3-7-20(23)17-27-25(30)16-21-18-31-24-11-10-19-6-2-4-8-22(19)26(21)24/h2-11,18H,12-17H2,1H3,(H,27,30). The number of amides is 1. The maximum Gasteiger partial charge on any atom is 0.224 e. The molecule has 1 amide bonds. The van der Waals surface area contributed by atoms with Gasteiger partial charge in [-0.15, -0.1) is 0 Å². The molecular formula is C26H27N3O2. The SMILES string of the molecule is CN1CCN(c2ccccc2CNC(=O)Cc2coc3ccc4ccccc4c23)CC1. The minimum Gasteiger partial charge on any atom is -0.464 e. The molecule has 5 nitrogen and oxygen atoms in total. The molecule has 1 N–H and O–H groups in total. The van der Waals surface area contributed by atoms with Gasteiger partial charge in [-0.25, -0.2) is 0 Å². The molecule has 5 heteroatoms. The molecule has 0 aliphatic carbocycles. The van der Waals surface area contributed by atoms with E-state index < -0.39 is 0 Å². The molecule has 158 valence electrons. The number of furan rings is 1. The van der Waals surface area contributed by atoms with E-state index in [0.29, 0.717) is 13.0 Å². The van der Waals surface area contributed by atoms with Crippen molar-refractivity contribution in [2.45, 2.75) is 13.0 Å². The van der Waals surface area contributed by atoms with E-state index in [9.17, 15) is 4.79 Å². The summed E-state index contributed by atoms with van der Waals surface area (Å²) in [5, 5.41) is 6.43. The first-order chi connectivity index (χ1) is 15.2. The van der Waals surface area contributed by atoms with Crippen molar-refractivity contribution in [1.29, 1.82) is 0 Å². The lowest BCUT2D eigenvalue weighted by Gasteiger charge is -2.35. The number of hydrogen-bond donors (Lipinski definition) is 1. The smallest absolute Gasteiger partial charge is 0.224 e. The highest BCUT2D eigenvalue weighted by Crippen LogP contribution is 2.30. The van der Waals surface area contributed by atoms with Gasteiger partial charge in [0.15, 0.2) is 0 Å². The number of fused-ring (bicyclic) bond motifs is 3. The first kappa shape index (κ1) is 19.6.